The zero-order valence-electron chi connectivity index (χ0n) is 20.3. The number of benzene rings is 3. The van der Waals surface area contributed by atoms with Gasteiger partial charge in [-0.1, -0.05) is 12.1 Å². The fourth-order valence-corrected chi connectivity index (χ4v) is 3.36. The van der Waals surface area contributed by atoms with E-state index in [1.165, 1.54) is 64.8 Å². The van der Waals surface area contributed by atoms with E-state index in [2.05, 4.69) is 0 Å². The van der Waals surface area contributed by atoms with E-state index in [4.69, 9.17) is 23.7 Å². The molecule has 37 heavy (non-hydrogen) atoms. The molecule has 0 amide bonds. The number of nitro benzene ring substituents is 2. The topological polar surface area (TPSA) is 149 Å². The first-order valence-electron chi connectivity index (χ1n) is 10.5. The van der Waals surface area contributed by atoms with Crippen molar-refractivity contribution < 1.29 is 38.3 Å². The summed E-state index contributed by atoms with van der Waals surface area (Å²) in [6.45, 7) is 0. The lowest BCUT2D eigenvalue weighted by Crippen LogP contribution is -2.10. The summed E-state index contributed by atoms with van der Waals surface area (Å²) in [5, 5.41) is 22.3. The molecule has 0 saturated carbocycles. The highest BCUT2D eigenvalue weighted by Crippen LogP contribution is 2.39. The van der Waals surface area contributed by atoms with Crippen LogP contribution in [0.15, 0.2) is 48.5 Å². The molecule has 0 fully saturated rings. The van der Waals surface area contributed by atoms with Crippen molar-refractivity contribution in [1.82, 2.24) is 0 Å². The van der Waals surface area contributed by atoms with E-state index >= 15 is 0 Å². The van der Waals surface area contributed by atoms with E-state index in [1.54, 1.807) is 18.2 Å². The van der Waals surface area contributed by atoms with Gasteiger partial charge in [0.05, 0.1) is 55.5 Å². The first-order valence-corrected chi connectivity index (χ1v) is 10.5. The quantitative estimate of drug-likeness (QED) is 0.121. The van der Waals surface area contributed by atoms with Crippen LogP contribution in [0.4, 0.5) is 11.4 Å². The number of hydrogen-bond donors (Lipinski definition) is 0. The number of carbonyl (C=O) groups is 1. The molecule has 0 aromatic heterocycles. The van der Waals surface area contributed by atoms with Crippen LogP contribution in [0, 0.1) is 20.2 Å². The normalized spacial score (nSPS) is 10.6. The van der Waals surface area contributed by atoms with Crippen molar-refractivity contribution in [3.8, 4) is 28.7 Å². The zero-order valence-corrected chi connectivity index (χ0v) is 20.3. The van der Waals surface area contributed by atoms with Crippen molar-refractivity contribution in [3.05, 3.63) is 85.4 Å². The van der Waals surface area contributed by atoms with Crippen LogP contribution in [0.2, 0.25) is 0 Å². The number of esters is 1. The summed E-state index contributed by atoms with van der Waals surface area (Å²) in [6.07, 6.45) is 3.00. The van der Waals surface area contributed by atoms with Gasteiger partial charge in [-0.15, -0.1) is 0 Å². The highest BCUT2D eigenvalue weighted by molar-refractivity contribution is 5.93. The summed E-state index contributed by atoms with van der Waals surface area (Å²) in [6, 6.07) is 10.9. The second-order valence-corrected chi connectivity index (χ2v) is 7.30. The molecule has 3 aromatic carbocycles. The lowest BCUT2D eigenvalue weighted by Gasteiger charge is -2.14. The first kappa shape index (κ1) is 26.5. The van der Waals surface area contributed by atoms with E-state index in [0.29, 0.717) is 11.3 Å². The molecule has 0 spiro atoms. The van der Waals surface area contributed by atoms with Gasteiger partial charge in [-0.3, -0.25) is 20.2 Å². The number of rotatable bonds is 10. The molecular weight excluding hydrogens is 488 g/mol. The number of methoxy groups -OCH3 is 4. The van der Waals surface area contributed by atoms with E-state index in [9.17, 15) is 25.0 Å². The Kier molecular flexibility index (Phi) is 8.25. The van der Waals surface area contributed by atoms with E-state index < -0.39 is 21.5 Å². The Hall–Kier alpha value is -5.13. The van der Waals surface area contributed by atoms with Crippen molar-refractivity contribution in [2.45, 2.75) is 0 Å². The molecule has 0 N–H and O–H groups in total. The highest BCUT2D eigenvalue weighted by Gasteiger charge is 2.20. The molecule has 0 atom stereocenters. The molecule has 0 radical (unpaired) electrons. The third-order valence-electron chi connectivity index (χ3n) is 5.17. The molecule has 3 aromatic rings. The molecule has 12 heteroatoms. The van der Waals surface area contributed by atoms with Crippen LogP contribution >= 0.6 is 0 Å². The van der Waals surface area contributed by atoms with Crippen molar-refractivity contribution in [2.24, 2.45) is 0 Å². The second kappa shape index (κ2) is 11.5. The standard InChI is InChI=1S/C25H22N2O10/c1-33-21-11-15(5-7-16-8-9-18(26(29)30)14-19(16)27(31)32)6-10-20(21)37-25(28)17-12-22(34-2)24(36-4)23(13-17)35-3/h5-14H,1-4H3. The number of nitro groups is 2. The Labute approximate surface area is 210 Å². The van der Waals surface area contributed by atoms with Gasteiger partial charge in [0.1, 0.15) is 0 Å². The van der Waals surface area contributed by atoms with Gasteiger partial charge in [-0.2, -0.15) is 0 Å². The van der Waals surface area contributed by atoms with Gasteiger partial charge in [-0.25, -0.2) is 4.79 Å². The first-order chi connectivity index (χ1) is 17.7. The Balaban J connectivity index is 1.87. The third kappa shape index (κ3) is 5.93. The van der Waals surface area contributed by atoms with E-state index in [-0.39, 0.29) is 39.8 Å². The van der Waals surface area contributed by atoms with Crippen molar-refractivity contribution in [1.29, 1.82) is 0 Å². The van der Waals surface area contributed by atoms with Gasteiger partial charge >= 0.3 is 5.97 Å². The predicted octanol–water partition coefficient (Wildman–Crippen LogP) is 4.93. The van der Waals surface area contributed by atoms with E-state index in [1.807, 2.05) is 0 Å². The maximum absolute atomic E-state index is 12.8. The number of non-ortho nitro benzene ring substituents is 1. The number of nitrogens with zero attached hydrogens (tertiary/aromatic N) is 2. The fourth-order valence-electron chi connectivity index (χ4n) is 3.36. The van der Waals surface area contributed by atoms with Crippen LogP contribution in [0.3, 0.4) is 0 Å². The zero-order chi connectivity index (χ0) is 27.1. The second-order valence-electron chi connectivity index (χ2n) is 7.30. The highest BCUT2D eigenvalue weighted by atomic mass is 16.6. The Bertz CT molecular complexity index is 1360. The minimum absolute atomic E-state index is 0.125. The van der Waals surface area contributed by atoms with Gasteiger partial charge in [0.25, 0.3) is 11.4 Å². The molecule has 3 rings (SSSR count). The van der Waals surface area contributed by atoms with Crippen molar-refractivity contribution in [3.63, 3.8) is 0 Å². The Morgan fingerprint density at radius 2 is 1.38 bits per heavy atom. The molecule has 0 saturated heterocycles. The monoisotopic (exact) mass is 510 g/mol. The summed E-state index contributed by atoms with van der Waals surface area (Å²) in [5.41, 5.74) is 0.0904. The Morgan fingerprint density at radius 1 is 0.730 bits per heavy atom. The number of hydrogen-bond acceptors (Lipinski definition) is 10. The van der Waals surface area contributed by atoms with Gasteiger partial charge in [0, 0.05) is 6.07 Å². The molecule has 192 valence electrons. The fraction of sp³-hybridized carbons (Fsp3) is 0.160. The average molecular weight is 510 g/mol. The largest absolute Gasteiger partial charge is 0.493 e. The molecule has 0 bridgehead atoms. The molecule has 0 heterocycles. The lowest BCUT2D eigenvalue weighted by molar-refractivity contribution is -0.394. The summed E-state index contributed by atoms with van der Waals surface area (Å²) in [4.78, 5) is 33.7. The molecule has 0 aliphatic heterocycles. The van der Waals surface area contributed by atoms with Crippen LogP contribution < -0.4 is 23.7 Å². The predicted molar refractivity (Wildman–Crippen MR) is 133 cm³/mol. The van der Waals surface area contributed by atoms with Crippen molar-refractivity contribution in [2.75, 3.05) is 28.4 Å². The molecule has 12 nitrogen and oxygen atoms in total. The Morgan fingerprint density at radius 3 is 1.92 bits per heavy atom. The maximum Gasteiger partial charge on any atom is 0.343 e. The minimum Gasteiger partial charge on any atom is -0.493 e. The minimum atomic E-state index is -0.706. The van der Waals surface area contributed by atoms with E-state index in [0.717, 1.165) is 6.07 Å². The number of ether oxygens (including phenoxy) is 5. The number of carbonyl (C=O) groups excluding carboxylic acids is 1. The van der Waals surface area contributed by atoms with Crippen LogP contribution in [0.1, 0.15) is 21.5 Å². The molecule has 0 aliphatic carbocycles. The van der Waals surface area contributed by atoms with Gasteiger partial charge in [-0.05, 0) is 42.0 Å². The summed E-state index contributed by atoms with van der Waals surface area (Å²) < 4.78 is 26.6. The van der Waals surface area contributed by atoms with Crippen LogP contribution in [-0.2, 0) is 0 Å². The molecule has 0 aliphatic rings. The maximum atomic E-state index is 12.8. The van der Waals surface area contributed by atoms with Crippen LogP contribution in [-0.4, -0.2) is 44.3 Å². The summed E-state index contributed by atoms with van der Waals surface area (Å²) in [7, 11) is 5.68. The van der Waals surface area contributed by atoms with Gasteiger partial charge < -0.3 is 23.7 Å². The van der Waals surface area contributed by atoms with Crippen molar-refractivity contribution >= 4 is 29.5 Å². The summed E-state index contributed by atoms with van der Waals surface area (Å²) >= 11 is 0. The van der Waals surface area contributed by atoms with Gasteiger partial charge in [0.15, 0.2) is 23.0 Å². The van der Waals surface area contributed by atoms with Crippen LogP contribution in [0.5, 0.6) is 28.7 Å². The molecule has 0 unspecified atom stereocenters. The molecular formula is C25H22N2O10. The summed E-state index contributed by atoms with van der Waals surface area (Å²) in [5.74, 6) is 0.523. The average Bonchev–Trinajstić information content (AvgIpc) is 2.91. The lowest BCUT2D eigenvalue weighted by atomic mass is 10.1. The van der Waals surface area contributed by atoms with Crippen LogP contribution in [0.25, 0.3) is 12.2 Å². The third-order valence-corrected chi connectivity index (χ3v) is 5.17. The SMILES string of the molecule is COc1cc(C=Cc2ccc([N+](=O)[O-])cc2[N+](=O)[O-])ccc1OC(=O)c1cc(OC)c(OC)c(OC)c1. The smallest absolute Gasteiger partial charge is 0.343 e. The van der Waals surface area contributed by atoms with Gasteiger partial charge in [0.2, 0.25) is 5.75 Å².